The number of nitrogens with zero attached hydrogens (tertiary/aromatic N) is 4. The molecule has 2 aromatic heterocycles. The number of rotatable bonds is 6. The van der Waals surface area contributed by atoms with Crippen molar-refractivity contribution in [3.63, 3.8) is 0 Å². The van der Waals surface area contributed by atoms with E-state index in [2.05, 4.69) is 33.7 Å². The molecule has 0 N–H and O–H groups in total. The Labute approximate surface area is 124 Å². The lowest BCUT2D eigenvalue weighted by Gasteiger charge is -2.22. The summed E-state index contributed by atoms with van der Waals surface area (Å²) in [5.74, 6) is 1.66. The van der Waals surface area contributed by atoms with Crippen molar-refractivity contribution >= 4 is 17.4 Å². The number of hydrogen-bond donors (Lipinski definition) is 0. The van der Waals surface area contributed by atoms with E-state index in [1.807, 2.05) is 24.3 Å². The van der Waals surface area contributed by atoms with Crippen LogP contribution in [-0.4, -0.2) is 21.5 Å². The molecule has 2 aromatic rings. The molecule has 0 fully saturated rings. The molecule has 0 aliphatic carbocycles. The van der Waals surface area contributed by atoms with Crippen LogP contribution in [0.5, 0.6) is 0 Å². The van der Waals surface area contributed by atoms with Gasteiger partial charge in [0, 0.05) is 25.2 Å². The maximum atomic E-state index is 6.10. The summed E-state index contributed by atoms with van der Waals surface area (Å²) in [4.78, 5) is 15.4. The highest BCUT2D eigenvalue weighted by atomic mass is 35.5. The van der Waals surface area contributed by atoms with Crippen molar-refractivity contribution in [2.75, 3.05) is 11.4 Å². The monoisotopic (exact) mass is 290 g/mol. The highest BCUT2D eigenvalue weighted by Crippen LogP contribution is 2.18. The second-order valence-corrected chi connectivity index (χ2v) is 4.94. The zero-order valence-corrected chi connectivity index (χ0v) is 12.6. The van der Waals surface area contributed by atoms with Gasteiger partial charge in [0.1, 0.15) is 16.8 Å². The molecule has 2 heterocycles. The van der Waals surface area contributed by atoms with Crippen LogP contribution in [0, 0.1) is 0 Å². The topological polar surface area (TPSA) is 41.9 Å². The van der Waals surface area contributed by atoms with Gasteiger partial charge in [0.2, 0.25) is 0 Å². The van der Waals surface area contributed by atoms with Gasteiger partial charge in [-0.25, -0.2) is 9.97 Å². The SMILES string of the molecule is CCCc1nc(Cl)cc(N(CC)Cc2ccccn2)n1. The molecule has 0 aliphatic rings. The van der Waals surface area contributed by atoms with Crippen molar-refractivity contribution in [2.24, 2.45) is 0 Å². The Morgan fingerprint density at radius 3 is 2.70 bits per heavy atom. The lowest BCUT2D eigenvalue weighted by atomic mass is 10.3. The largest absolute Gasteiger partial charge is 0.351 e. The summed E-state index contributed by atoms with van der Waals surface area (Å²) in [7, 11) is 0. The normalized spacial score (nSPS) is 10.6. The third kappa shape index (κ3) is 3.90. The Morgan fingerprint density at radius 1 is 1.20 bits per heavy atom. The molecular weight excluding hydrogens is 272 g/mol. The predicted octanol–water partition coefficient (Wildman–Crippen LogP) is 3.50. The number of halogens is 1. The number of pyridine rings is 1. The molecule has 0 saturated heterocycles. The summed E-state index contributed by atoms with van der Waals surface area (Å²) in [6, 6.07) is 7.73. The summed E-state index contributed by atoms with van der Waals surface area (Å²) in [6.45, 7) is 5.76. The maximum absolute atomic E-state index is 6.10. The van der Waals surface area contributed by atoms with Gasteiger partial charge in [0.25, 0.3) is 0 Å². The molecule has 2 rings (SSSR count). The van der Waals surface area contributed by atoms with E-state index in [1.54, 1.807) is 6.20 Å². The summed E-state index contributed by atoms with van der Waals surface area (Å²) in [5.41, 5.74) is 1.01. The fraction of sp³-hybridized carbons (Fsp3) is 0.400. The van der Waals surface area contributed by atoms with Crippen LogP contribution in [0.1, 0.15) is 31.8 Å². The molecule has 106 valence electrons. The van der Waals surface area contributed by atoms with Gasteiger partial charge in [0.05, 0.1) is 12.2 Å². The molecule has 0 unspecified atom stereocenters. The zero-order valence-electron chi connectivity index (χ0n) is 11.9. The van der Waals surface area contributed by atoms with Crippen molar-refractivity contribution in [3.05, 3.63) is 47.1 Å². The van der Waals surface area contributed by atoms with Crippen LogP contribution >= 0.6 is 11.6 Å². The molecular formula is C15H19ClN4. The van der Waals surface area contributed by atoms with Crippen LogP contribution in [0.3, 0.4) is 0 Å². The van der Waals surface area contributed by atoms with Crippen molar-refractivity contribution < 1.29 is 0 Å². The Bertz CT molecular complexity index is 545. The van der Waals surface area contributed by atoms with Crippen molar-refractivity contribution in [1.29, 1.82) is 0 Å². The molecule has 0 aromatic carbocycles. The Morgan fingerprint density at radius 2 is 2.05 bits per heavy atom. The third-order valence-electron chi connectivity index (χ3n) is 2.99. The highest BCUT2D eigenvalue weighted by molar-refractivity contribution is 6.29. The Balaban J connectivity index is 2.22. The number of hydrogen-bond acceptors (Lipinski definition) is 4. The van der Waals surface area contributed by atoms with Crippen LogP contribution in [0.25, 0.3) is 0 Å². The first kappa shape index (κ1) is 14.7. The molecule has 0 atom stereocenters. The first-order valence-corrected chi connectivity index (χ1v) is 7.29. The Hall–Kier alpha value is -1.68. The van der Waals surface area contributed by atoms with E-state index >= 15 is 0 Å². The van der Waals surface area contributed by atoms with E-state index in [1.165, 1.54) is 0 Å². The van der Waals surface area contributed by atoms with Crippen molar-refractivity contribution in [1.82, 2.24) is 15.0 Å². The molecule has 0 aliphatic heterocycles. The maximum Gasteiger partial charge on any atom is 0.134 e. The van der Waals surface area contributed by atoms with Gasteiger partial charge in [-0.2, -0.15) is 0 Å². The van der Waals surface area contributed by atoms with E-state index in [9.17, 15) is 0 Å². The van der Waals surface area contributed by atoms with Crippen LogP contribution in [0.4, 0.5) is 5.82 Å². The summed E-state index contributed by atoms with van der Waals surface area (Å²) < 4.78 is 0. The van der Waals surface area contributed by atoms with E-state index in [4.69, 9.17) is 11.6 Å². The predicted molar refractivity (Wildman–Crippen MR) is 82.0 cm³/mol. The van der Waals surface area contributed by atoms with Gasteiger partial charge in [-0.3, -0.25) is 4.98 Å². The first-order chi connectivity index (χ1) is 9.72. The standard InChI is InChI=1S/C15H19ClN4/c1-3-7-14-18-13(16)10-15(19-14)20(4-2)11-12-8-5-6-9-17-12/h5-6,8-10H,3-4,7,11H2,1-2H3. The lowest BCUT2D eigenvalue weighted by molar-refractivity contribution is 0.768. The van der Waals surface area contributed by atoms with Gasteiger partial charge >= 0.3 is 0 Å². The second-order valence-electron chi connectivity index (χ2n) is 4.55. The average Bonchev–Trinajstić information content (AvgIpc) is 2.45. The molecule has 4 nitrogen and oxygen atoms in total. The summed E-state index contributed by atoms with van der Waals surface area (Å²) in [5, 5.41) is 0.498. The van der Waals surface area contributed by atoms with E-state index < -0.39 is 0 Å². The number of aromatic nitrogens is 3. The minimum atomic E-state index is 0.498. The molecule has 0 radical (unpaired) electrons. The van der Waals surface area contributed by atoms with Gasteiger partial charge in [0.15, 0.2) is 0 Å². The van der Waals surface area contributed by atoms with Gasteiger partial charge in [-0.1, -0.05) is 24.6 Å². The molecule has 0 bridgehead atoms. The fourth-order valence-electron chi connectivity index (χ4n) is 1.99. The highest BCUT2D eigenvalue weighted by Gasteiger charge is 2.10. The molecule has 20 heavy (non-hydrogen) atoms. The van der Waals surface area contributed by atoms with E-state index in [0.29, 0.717) is 5.15 Å². The molecule has 5 heteroatoms. The molecule has 0 spiro atoms. The quantitative estimate of drug-likeness (QED) is 0.764. The van der Waals surface area contributed by atoms with E-state index in [-0.39, 0.29) is 0 Å². The van der Waals surface area contributed by atoms with Gasteiger partial charge < -0.3 is 4.90 Å². The van der Waals surface area contributed by atoms with E-state index in [0.717, 1.165) is 43.3 Å². The van der Waals surface area contributed by atoms with Crippen molar-refractivity contribution in [2.45, 2.75) is 33.2 Å². The smallest absolute Gasteiger partial charge is 0.134 e. The molecule has 0 saturated carbocycles. The second kappa shape index (κ2) is 7.20. The van der Waals surface area contributed by atoms with Crippen LogP contribution in [0.15, 0.2) is 30.5 Å². The van der Waals surface area contributed by atoms with Crippen molar-refractivity contribution in [3.8, 4) is 0 Å². The number of aryl methyl sites for hydroxylation is 1. The minimum Gasteiger partial charge on any atom is -0.351 e. The lowest BCUT2D eigenvalue weighted by Crippen LogP contribution is -2.24. The minimum absolute atomic E-state index is 0.498. The Kier molecular flexibility index (Phi) is 5.30. The zero-order chi connectivity index (χ0) is 14.4. The van der Waals surface area contributed by atoms with Gasteiger partial charge in [-0.15, -0.1) is 0 Å². The van der Waals surface area contributed by atoms with Crippen LogP contribution in [-0.2, 0) is 13.0 Å². The first-order valence-electron chi connectivity index (χ1n) is 6.91. The summed E-state index contributed by atoms with van der Waals surface area (Å²) in [6.07, 6.45) is 3.65. The summed E-state index contributed by atoms with van der Waals surface area (Å²) >= 11 is 6.10. The van der Waals surface area contributed by atoms with Crippen LogP contribution < -0.4 is 4.90 Å². The molecule has 0 amide bonds. The fourth-order valence-corrected chi connectivity index (χ4v) is 2.19. The average molecular weight is 291 g/mol. The van der Waals surface area contributed by atoms with Crippen LogP contribution in [0.2, 0.25) is 5.15 Å². The number of anilines is 1. The third-order valence-corrected chi connectivity index (χ3v) is 3.18. The van der Waals surface area contributed by atoms with Gasteiger partial charge in [-0.05, 0) is 25.5 Å².